The number of pyridine rings is 2. The molecule has 0 bridgehead atoms. The number of rotatable bonds is 0. The smallest absolute Gasteiger partial charge is 0.0964 e. The highest BCUT2D eigenvalue weighted by Gasteiger charge is 2.00. The summed E-state index contributed by atoms with van der Waals surface area (Å²) in [5, 5.41) is 2.28. The lowest BCUT2D eigenvalue weighted by molar-refractivity contribution is 1.20. The summed E-state index contributed by atoms with van der Waals surface area (Å²) in [7, 11) is 0. The predicted octanol–water partition coefficient (Wildman–Crippen LogP) is 3.26. The molecule has 0 aliphatic carbocycles. The van der Waals surface area contributed by atoms with Gasteiger partial charge < -0.3 is 0 Å². The van der Waals surface area contributed by atoms with Crippen LogP contribution in [0.5, 0.6) is 0 Å². The number of nitrogens with zero attached hydrogens (tertiary/aromatic N) is 4. The normalized spacial score (nSPS) is 10.0. The lowest BCUT2D eigenvalue weighted by atomic mass is 10.1. The fourth-order valence-electron chi connectivity index (χ4n) is 1.93. The van der Waals surface area contributed by atoms with Gasteiger partial charge in [-0.05, 0) is 12.1 Å². The van der Waals surface area contributed by atoms with Gasteiger partial charge in [0, 0.05) is 48.0 Å². The van der Waals surface area contributed by atoms with E-state index < -0.39 is 0 Å². The van der Waals surface area contributed by atoms with Crippen LogP contribution in [0.4, 0.5) is 0 Å². The molecule has 4 aromatic rings. The number of benzene rings is 1. The molecule has 0 saturated carbocycles. The van der Waals surface area contributed by atoms with E-state index in [0.29, 0.717) is 0 Å². The topological polar surface area (TPSA) is 51.6 Å². The lowest BCUT2D eigenvalue weighted by Gasteiger charge is -2.00. The average Bonchev–Trinajstić information content (AvgIpc) is 2.57. The molecule has 0 unspecified atom stereocenters. The van der Waals surface area contributed by atoms with E-state index >= 15 is 0 Å². The molecule has 0 aliphatic heterocycles. The van der Waals surface area contributed by atoms with Crippen molar-refractivity contribution in [2.75, 3.05) is 0 Å². The summed E-state index contributed by atoms with van der Waals surface area (Å²) in [6.45, 7) is 0. The Hall–Kier alpha value is -2.88. The van der Waals surface area contributed by atoms with Crippen molar-refractivity contribution in [2.45, 2.75) is 0 Å². The third kappa shape index (κ3) is 2.59. The summed E-state index contributed by atoms with van der Waals surface area (Å²) >= 11 is 0. The van der Waals surface area contributed by atoms with Crippen molar-refractivity contribution in [1.29, 1.82) is 0 Å². The zero-order valence-corrected chi connectivity index (χ0v) is 10.7. The van der Waals surface area contributed by atoms with Crippen molar-refractivity contribution in [2.24, 2.45) is 0 Å². The number of aromatic nitrogens is 4. The Bertz CT molecular complexity index is 734. The first-order chi connectivity index (χ1) is 9.95. The number of hydrogen-bond donors (Lipinski definition) is 0. The highest BCUT2D eigenvalue weighted by atomic mass is 14.7. The molecule has 0 atom stereocenters. The van der Waals surface area contributed by atoms with Gasteiger partial charge in [0.1, 0.15) is 0 Å². The molecule has 4 rings (SSSR count). The maximum atomic E-state index is 4.35. The minimum absolute atomic E-state index is 0.977. The molecular weight excluding hydrogens is 248 g/mol. The van der Waals surface area contributed by atoms with E-state index in [0.717, 1.165) is 21.8 Å². The Morgan fingerprint density at radius 3 is 1.35 bits per heavy atom. The van der Waals surface area contributed by atoms with Gasteiger partial charge in [0.2, 0.25) is 0 Å². The van der Waals surface area contributed by atoms with E-state index in [1.54, 1.807) is 37.2 Å². The van der Waals surface area contributed by atoms with Gasteiger partial charge in [0.25, 0.3) is 0 Å². The van der Waals surface area contributed by atoms with Gasteiger partial charge in [-0.15, -0.1) is 0 Å². The zero-order chi connectivity index (χ0) is 13.6. The molecule has 3 aromatic heterocycles. The molecule has 0 fully saturated rings. The van der Waals surface area contributed by atoms with Crippen LogP contribution >= 0.6 is 0 Å². The molecule has 4 nitrogen and oxygen atoms in total. The summed E-state index contributed by atoms with van der Waals surface area (Å²) < 4.78 is 0. The van der Waals surface area contributed by atoms with Crippen LogP contribution in [0.2, 0.25) is 0 Å². The van der Waals surface area contributed by atoms with Gasteiger partial charge in [0.15, 0.2) is 0 Å². The van der Waals surface area contributed by atoms with Crippen LogP contribution in [0.1, 0.15) is 0 Å². The maximum Gasteiger partial charge on any atom is 0.0964 e. The van der Waals surface area contributed by atoms with Gasteiger partial charge in [-0.25, -0.2) is 0 Å². The van der Waals surface area contributed by atoms with Crippen molar-refractivity contribution in [1.82, 2.24) is 19.9 Å². The molecule has 0 saturated heterocycles. The molecule has 0 spiro atoms. The first-order valence-corrected chi connectivity index (χ1v) is 6.23. The van der Waals surface area contributed by atoms with E-state index in [4.69, 9.17) is 0 Å². The van der Waals surface area contributed by atoms with Crippen molar-refractivity contribution in [3.63, 3.8) is 0 Å². The van der Waals surface area contributed by atoms with Crippen LogP contribution in [0.3, 0.4) is 0 Å². The van der Waals surface area contributed by atoms with Crippen LogP contribution in [0.15, 0.2) is 73.6 Å². The van der Waals surface area contributed by atoms with Crippen LogP contribution in [-0.4, -0.2) is 19.9 Å². The molecule has 0 radical (unpaired) electrons. The standard InChI is InChI=1S/C12H8N2.C4H4N2/c1-3-9-5-6-10-4-2-8-14-12(10)11(9)13-7-1;1-2-6-4-3-5-1/h1-8H;1-4H. The Morgan fingerprint density at radius 1 is 0.500 bits per heavy atom. The second-order valence-electron chi connectivity index (χ2n) is 4.11. The van der Waals surface area contributed by atoms with Crippen molar-refractivity contribution in [3.8, 4) is 0 Å². The minimum atomic E-state index is 0.977. The SMILES string of the molecule is c1cnc2c(c1)ccc1cccnc12.c1cnccn1. The quantitative estimate of drug-likeness (QED) is 0.455. The van der Waals surface area contributed by atoms with Crippen LogP contribution < -0.4 is 0 Å². The monoisotopic (exact) mass is 260 g/mol. The van der Waals surface area contributed by atoms with E-state index in [2.05, 4.69) is 44.2 Å². The molecule has 0 aliphatic rings. The van der Waals surface area contributed by atoms with Crippen molar-refractivity contribution < 1.29 is 0 Å². The summed E-state index contributed by atoms with van der Waals surface area (Å²) in [6.07, 6.45) is 10.2. The largest absolute Gasteiger partial charge is 0.262 e. The summed E-state index contributed by atoms with van der Waals surface area (Å²) in [5.74, 6) is 0. The van der Waals surface area contributed by atoms with Crippen molar-refractivity contribution in [3.05, 3.63) is 73.6 Å². The average molecular weight is 260 g/mol. The molecule has 4 heteroatoms. The Labute approximate surface area is 116 Å². The highest BCUT2D eigenvalue weighted by Crippen LogP contribution is 2.20. The molecule has 0 N–H and O–H groups in total. The fraction of sp³-hybridized carbons (Fsp3) is 0. The lowest BCUT2D eigenvalue weighted by Crippen LogP contribution is -1.83. The maximum absolute atomic E-state index is 4.35. The second-order valence-corrected chi connectivity index (χ2v) is 4.11. The third-order valence-electron chi connectivity index (χ3n) is 2.82. The van der Waals surface area contributed by atoms with Gasteiger partial charge in [-0.2, -0.15) is 0 Å². The molecule has 20 heavy (non-hydrogen) atoms. The fourth-order valence-corrected chi connectivity index (χ4v) is 1.93. The van der Waals surface area contributed by atoms with Gasteiger partial charge in [0.05, 0.1) is 11.0 Å². The molecule has 3 heterocycles. The van der Waals surface area contributed by atoms with Crippen LogP contribution in [-0.2, 0) is 0 Å². The van der Waals surface area contributed by atoms with Crippen LogP contribution in [0, 0.1) is 0 Å². The Morgan fingerprint density at radius 2 is 0.950 bits per heavy atom. The second kappa shape index (κ2) is 5.84. The van der Waals surface area contributed by atoms with E-state index in [9.17, 15) is 0 Å². The molecule has 96 valence electrons. The van der Waals surface area contributed by atoms with Gasteiger partial charge >= 0.3 is 0 Å². The van der Waals surface area contributed by atoms with Gasteiger partial charge in [-0.3, -0.25) is 19.9 Å². The van der Waals surface area contributed by atoms with Gasteiger partial charge in [-0.1, -0.05) is 24.3 Å². The first kappa shape index (κ1) is 12.2. The molecule has 0 amide bonds. The Kier molecular flexibility index (Phi) is 3.55. The van der Waals surface area contributed by atoms with E-state index in [1.165, 1.54) is 0 Å². The zero-order valence-electron chi connectivity index (χ0n) is 10.7. The number of fused-ring (bicyclic) bond motifs is 3. The molecule has 1 aromatic carbocycles. The minimum Gasteiger partial charge on any atom is -0.262 e. The first-order valence-electron chi connectivity index (χ1n) is 6.23. The highest BCUT2D eigenvalue weighted by molar-refractivity contribution is 6.02. The molecular formula is C16H12N4. The van der Waals surface area contributed by atoms with E-state index in [1.807, 2.05) is 12.1 Å². The summed E-state index contributed by atoms with van der Waals surface area (Å²) in [5.41, 5.74) is 1.95. The summed E-state index contributed by atoms with van der Waals surface area (Å²) in [6, 6.07) is 12.1. The summed E-state index contributed by atoms with van der Waals surface area (Å²) in [4.78, 5) is 16.1. The number of hydrogen-bond acceptors (Lipinski definition) is 4. The predicted molar refractivity (Wildman–Crippen MR) is 79.1 cm³/mol. The third-order valence-corrected chi connectivity index (χ3v) is 2.82. The van der Waals surface area contributed by atoms with E-state index in [-0.39, 0.29) is 0 Å². The van der Waals surface area contributed by atoms with Crippen LogP contribution in [0.25, 0.3) is 21.8 Å². The Balaban J connectivity index is 0.000000170. The van der Waals surface area contributed by atoms with Crippen molar-refractivity contribution >= 4 is 21.8 Å².